The van der Waals surface area contributed by atoms with Crippen LogP contribution in [0.4, 0.5) is 0 Å². The van der Waals surface area contributed by atoms with Crippen molar-refractivity contribution in [3.05, 3.63) is 30.3 Å². The van der Waals surface area contributed by atoms with Crippen LogP contribution in [0.5, 0.6) is 0 Å². The summed E-state index contributed by atoms with van der Waals surface area (Å²) in [6.07, 6.45) is 3.79. The Morgan fingerprint density at radius 1 is 1.20 bits per heavy atom. The van der Waals surface area contributed by atoms with E-state index in [4.69, 9.17) is 4.74 Å². The molecule has 1 aromatic carbocycles. The smallest absolute Gasteiger partial charge is 0.104 e. The first-order chi connectivity index (χ1) is 7.45. The van der Waals surface area contributed by atoms with Crippen LogP contribution in [0.25, 0.3) is 0 Å². The molecule has 1 unspecified atom stereocenters. The molecule has 15 heavy (non-hydrogen) atoms. The molecule has 1 fully saturated rings. The van der Waals surface area contributed by atoms with Crippen molar-refractivity contribution in [3.63, 3.8) is 0 Å². The van der Waals surface area contributed by atoms with Crippen LogP contribution >= 0.6 is 23.5 Å². The molecule has 0 amide bonds. The quantitative estimate of drug-likeness (QED) is 0.581. The summed E-state index contributed by atoms with van der Waals surface area (Å²) in [6.45, 7) is 0.952. The van der Waals surface area contributed by atoms with E-state index in [2.05, 4.69) is 30.3 Å². The van der Waals surface area contributed by atoms with Gasteiger partial charge in [-0.25, -0.2) is 0 Å². The molecule has 1 atom stereocenters. The van der Waals surface area contributed by atoms with Crippen molar-refractivity contribution in [2.45, 2.75) is 29.6 Å². The molecule has 1 heterocycles. The Morgan fingerprint density at radius 2 is 2.07 bits per heavy atom. The predicted octanol–water partition coefficient (Wildman–Crippen LogP) is 4.00. The van der Waals surface area contributed by atoms with Crippen LogP contribution in [0, 0.1) is 0 Å². The van der Waals surface area contributed by atoms with Crippen LogP contribution in [0.1, 0.15) is 19.3 Å². The van der Waals surface area contributed by atoms with Gasteiger partial charge in [0.25, 0.3) is 0 Å². The zero-order chi connectivity index (χ0) is 10.3. The molecule has 0 aliphatic carbocycles. The van der Waals surface area contributed by atoms with E-state index in [1.54, 1.807) is 0 Å². The first-order valence-corrected chi connectivity index (χ1v) is 7.39. The molecule has 0 N–H and O–H groups in total. The Kier molecular flexibility index (Phi) is 4.90. The fourth-order valence-electron chi connectivity index (χ4n) is 1.54. The van der Waals surface area contributed by atoms with Crippen molar-refractivity contribution in [2.75, 3.05) is 11.7 Å². The van der Waals surface area contributed by atoms with Gasteiger partial charge < -0.3 is 4.74 Å². The number of ether oxygens (including phenoxy) is 1. The summed E-state index contributed by atoms with van der Waals surface area (Å²) in [5.74, 6) is 0. The van der Waals surface area contributed by atoms with Crippen molar-refractivity contribution < 1.29 is 4.74 Å². The number of hydrogen-bond donors (Lipinski definition) is 0. The van der Waals surface area contributed by atoms with Crippen LogP contribution in [-0.4, -0.2) is 17.1 Å². The van der Waals surface area contributed by atoms with Gasteiger partial charge in [0.05, 0.1) is 0 Å². The zero-order valence-electron chi connectivity index (χ0n) is 8.72. The van der Waals surface area contributed by atoms with Gasteiger partial charge in [0.15, 0.2) is 0 Å². The molecule has 3 heteroatoms. The zero-order valence-corrected chi connectivity index (χ0v) is 10.4. The minimum atomic E-state index is 0.440. The molecule has 0 spiro atoms. The third kappa shape index (κ3) is 4.09. The summed E-state index contributed by atoms with van der Waals surface area (Å²) >= 11 is 3.83. The van der Waals surface area contributed by atoms with E-state index in [1.165, 1.54) is 24.2 Å². The lowest BCUT2D eigenvalue weighted by Gasteiger charge is -2.21. The maximum atomic E-state index is 5.67. The molecule has 2 rings (SSSR count). The maximum absolute atomic E-state index is 5.67. The second-order valence-corrected chi connectivity index (χ2v) is 6.10. The van der Waals surface area contributed by atoms with Crippen LogP contribution < -0.4 is 0 Å². The highest BCUT2D eigenvalue weighted by Crippen LogP contribution is 2.29. The molecule has 1 aliphatic heterocycles. The Balaban J connectivity index is 1.66. The predicted molar refractivity (Wildman–Crippen MR) is 68.3 cm³/mol. The number of hydrogen-bond acceptors (Lipinski definition) is 3. The Morgan fingerprint density at radius 3 is 2.80 bits per heavy atom. The molecule has 0 saturated carbocycles. The molecule has 0 bridgehead atoms. The Bertz CT molecular complexity index is 270. The van der Waals surface area contributed by atoms with E-state index < -0.39 is 0 Å². The lowest BCUT2D eigenvalue weighted by molar-refractivity contribution is 0.0730. The van der Waals surface area contributed by atoms with Crippen LogP contribution in [-0.2, 0) is 4.74 Å². The lowest BCUT2D eigenvalue weighted by Crippen LogP contribution is -2.15. The molecule has 1 aliphatic rings. The molecule has 0 radical (unpaired) electrons. The highest BCUT2D eigenvalue weighted by atomic mass is 32.2. The fourth-order valence-corrected chi connectivity index (χ4v) is 3.84. The van der Waals surface area contributed by atoms with Crippen LogP contribution in [0.15, 0.2) is 35.2 Å². The van der Waals surface area contributed by atoms with E-state index in [9.17, 15) is 0 Å². The second kappa shape index (κ2) is 6.46. The van der Waals surface area contributed by atoms with E-state index in [0.29, 0.717) is 5.44 Å². The summed E-state index contributed by atoms with van der Waals surface area (Å²) in [5.41, 5.74) is 0.440. The lowest BCUT2D eigenvalue weighted by atomic mass is 10.2. The van der Waals surface area contributed by atoms with Gasteiger partial charge in [-0.3, -0.25) is 0 Å². The van der Waals surface area contributed by atoms with Gasteiger partial charge in [0, 0.05) is 16.6 Å². The first kappa shape index (κ1) is 11.4. The molecule has 82 valence electrons. The monoisotopic (exact) mass is 240 g/mol. The van der Waals surface area contributed by atoms with E-state index in [0.717, 1.165) is 11.7 Å². The van der Waals surface area contributed by atoms with Crippen molar-refractivity contribution in [3.8, 4) is 0 Å². The Hall–Kier alpha value is -0.120. The molecule has 0 aromatic heterocycles. The SMILES string of the molecule is c1ccc(SCSC2CCCCO2)cc1. The van der Waals surface area contributed by atoms with Crippen molar-refractivity contribution in [1.82, 2.24) is 0 Å². The fraction of sp³-hybridized carbons (Fsp3) is 0.500. The highest BCUT2D eigenvalue weighted by molar-refractivity contribution is 8.16. The van der Waals surface area contributed by atoms with Gasteiger partial charge in [-0.05, 0) is 31.4 Å². The normalized spacial score (nSPS) is 21.5. The van der Waals surface area contributed by atoms with Crippen molar-refractivity contribution in [1.29, 1.82) is 0 Å². The molecule has 1 saturated heterocycles. The van der Waals surface area contributed by atoms with E-state index in [1.807, 2.05) is 23.5 Å². The molecular weight excluding hydrogens is 224 g/mol. The third-order valence-corrected chi connectivity index (χ3v) is 4.73. The largest absolute Gasteiger partial charge is 0.368 e. The summed E-state index contributed by atoms with van der Waals surface area (Å²) in [4.78, 5) is 1.35. The number of thioether (sulfide) groups is 2. The van der Waals surface area contributed by atoms with Gasteiger partial charge >= 0.3 is 0 Å². The van der Waals surface area contributed by atoms with Crippen molar-refractivity contribution in [2.24, 2.45) is 0 Å². The van der Waals surface area contributed by atoms with Gasteiger partial charge in [-0.2, -0.15) is 0 Å². The standard InChI is InChI=1S/C12H16OS2/c1-2-6-11(7-3-1)14-10-15-12-8-4-5-9-13-12/h1-3,6-7,12H,4-5,8-10H2. The average Bonchev–Trinajstić information content (AvgIpc) is 2.32. The number of benzene rings is 1. The summed E-state index contributed by atoms with van der Waals surface area (Å²) in [5, 5.41) is 1.09. The van der Waals surface area contributed by atoms with Crippen LogP contribution in [0.2, 0.25) is 0 Å². The molecule has 1 nitrogen and oxygen atoms in total. The van der Waals surface area contributed by atoms with Crippen molar-refractivity contribution >= 4 is 23.5 Å². The summed E-state index contributed by atoms with van der Waals surface area (Å²) in [6, 6.07) is 10.6. The maximum Gasteiger partial charge on any atom is 0.104 e. The number of rotatable bonds is 4. The van der Waals surface area contributed by atoms with E-state index in [-0.39, 0.29) is 0 Å². The van der Waals surface area contributed by atoms with Gasteiger partial charge in [0.2, 0.25) is 0 Å². The topological polar surface area (TPSA) is 9.23 Å². The summed E-state index contributed by atoms with van der Waals surface area (Å²) in [7, 11) is 0. The van der Waals surface area contributed by atoms with E-state index >= 15 is 0 Å². The minimum Gasteiger partial charge on any atom is -0.368 e. The molecule has 1 aromatic rings. The third-order valence-electron chi connectivity index (χ3n) is 2.36. The van der Waals surface area contributed by atoms with Crippen LogP contribution in [0.3, 0.4) is 0 Å². The average molecular weight is 240 g/mol. The van der Waals surface area contributed by atoms with Gasteiger partial charge in [-0.15, -0.1) is 23.5 Å². The highest BCUT2D eigenvalue weighted by Gasteiger charge is 2.13. The first-order valence-electron chi connectivity index (χ1n) is 5.36. The summed E-state index contributed by atoms with van der Waals surface area (Å²) < 4.78 is 5.67. The minimum absolute atomic E-state index is 0.440. The molecular formula is C12H16OS2. The Labute approximate surface area is 100.0 Å². The van der Waals surface area contributed by atoms with Gasteiger partial charge in [0.1, 0.15) is 5.44 Å². The second-order valence-electron chi connectivity index (χ2n) is 3.54. The van der Waals surface area contributed by atoms with Gasteiger partial charge in [-0.1, -0.05) is 18.2 Å².